The average Bonchev–Trinajstić information content (AvgIpc) is 2.94. The second-order valence-corrected chi connectivity index (χ2v) is 7.73. The van der Waals surface area contributed by atoms with E-state index in [-0.39, 0.29) is 18.3 Å². The lowest BCUT2D eigenvalue weighted by atomic mass is 9.90. The molecule has 0 saturated carbocycles. The molecule has 5 heteroatoms. The number of carbonyl (C=O) groups is 2. The van der Waals surface area contributed by atoms with Gasteiger partial charge in [0.25, 0.3) is 0 Å². The van der Waals surface area contributed by atoms with Crippen LogP contribution in [0.3, 0.4) is 0 Å². The van der Waals surface area contributed by atoms with E-state index in [9.17, 15) is 9.59 Å². The molecule has 1 aliphatic heterocycles. The van der Waals surface area contributed by atoms with Crippen molar-refractivity contribution in [3.05, 3.63) is 65.2 Å². The minimum absolute atomic E-state index is 0.0945. The zero-order chi connectivity index (χ0) is 18.0. The van der Waals surface area contributed by atoms with Gasteiger partial charge in [-0.3, -0.25) is 9.59 Å². The van der Waals surface area contributed by atoms with Gasteiger partial charge in [-0.2, -0.15) is 0 Å². The van der Waals surface area contributed by atoms with Crippen molar-refractivity contribution in [3.63, 3.8) is 0 Å². The maximum Gasteiger partial charge on any atom is 0.325 e. The molecule has 1 amide bonds. The van der Waals surface area contributed by atoms with E-state index in [0.29, 0.717) is 0 Å². The fourth-order valence-electron chi connectivity index (χ4n) is 3.22. The number of hydrogen-bond donors (Lipinski definition) is 1. The van der Waals surface area contributed by atoms with Crippen LogP contribution >= 0.6 is 11.8 Å². The number of nitrogens with one attached hydrogen (secondary N) is 1. The highest BCUT2D eigenvalue weighted by atomic mass is 32.2. The molecule has 25 heavy (non-hydrogen) atoms. The molecule has 0 aliphatic carbocycles. The van der Waals surface area contributed by atoms with Crippen LogP contribution in [0.2, 0.25) is 0 Å². The molecule has 0 aromatic heterocycles. The van der Waals surface area contributed by atoms with E-state index in [1.165, 1.54) is 18.9 Å². The Kier molecular flexibility index (Phi) is 4.86. The Balaban J connectivity index is 2.08. The number of carbonyl (C=O) groups excluding carboxylic acids is 2. The maximum atomic E-state index is 12.8. The summed E-state index contributed by atoms with van der Waals surface area (Å²) < 4.78 is 4.10. The molecule has 1 heterocycles. The van der Waals surface area contributed by atoms with Gasteiger partial charge in [-0.15, -0.1) is 11.8 Å². The predicted octanol–water partition coefficient (Wildman–Crippen LogP) is 3.57. The highest BCUT2D eigenvalue weighted by Crippen LogP contribution is 2.49. The van der Waals surface area contributed by atoms with Crippen LogP contribution in [0, 0.1) is 13.8 Å². The third kappa shape index (κ3) is 3.29. The predicted molar refractivity (Wildman–Crippen MR) is 98.5 cm³/mol. The van der Waals surface area contributed by atoms with Crippen LogP contribution in [0.5, 0.6) is 0 Å². The number of rotatable bonds is 4. The van der Waals surface area contributed by atoms with Gasteiger partial charge in [0.15, 0.2) is 4.75 Å². The minimum Gasteiger partial charge on any atom is -0.468 e. The van der Waals surface area contributed by atoms with Crippen molar-refractivity contribution in [3.8, 4) is 0 Å². The molecule has 1 saturated heterocycles. The van der Waals surface area contributed by atoms with Gasteiger partial charge >= 0.3 is 5.97 Å². The molecule has 2 aromatic carbocycles. The largest absolute Gasteiger partial charge is 0.468 e. The third-order valence-corrected chi connectivity index (χ3v) is 5.96. The molecule has 1 aliphatic rings. The lowest BCUT2D eigenvalue weighted by Crippen LogP contribution is -2.41. The van der Waals surface area contributed by atoms with Gasteiger partial charge in [-0.05, 0) is 37.1 Å². The number of esters is 1. The lowest BCUT2D eigenvalue weighted by molar-refractivity contribution is -0.144. The number of amides is 1. The molecule has 130 valence electrons. The van der Waals surface area contributed by atoms with Crippen molar-refractivity contribution in [1.82, 2.24) is 5.32 Å². The van der Waals surface area contributed by atoms with Crippen LogP contribution in [0.25, 0.3) is 0 Å². The summed E-state index contributed by atoms with van der Waals surface area (Å²) in [7, 11) is 1.37. The van der Waals surface area contributed by atoms with E-state index in [1.807, 2.05) is 62.4 Å². The molecule has 0 radical (unpaired) electrons. The normalized spacial score (nSPS) is 22.5. The highest BCUT2D eigenvalue weighted by molar-refractivity contribution is 8.01. The van der Waals surface area contributed by atoms with E-state index in [1.54, 1.807) is 0 Å². The first-order valence-corrected chi connectivity index (χ1v) is 8.97. The number of aryl methyl sites for hydroxylation is 2. The van der Waals surface area contributed by atoms with Crippen molar-refractivity contribution >= 4 is 23.6 Å². The fraction of sp³-hybridized carbons (Fsp3) is 0.300. The SMILES string of the molecule is COC(=O)[C@@]1(Sc2ccc(C)cc2)CC(=O)NC1c1ccccc1C. The summed E-state index contributed by atoms with van der Waals surface area (Å²) in [5.74, 6) is -0.525. The van der Waals surface area contributed by atoms with E-state index in [4.69, 9.17) is 4.74 Å². The van der Waals surface area contributed by atoms with Gasteiger partial charge in [0.05, 0.1) is 19.6 Å². The summed E-state index contributed by atoms with van der Waals surface area (Å²) in [5, 5.41) is 2.99. The zero-order valence-electron chi connectivity index (χ0n) is 14.5. The van der Waals surface area contributed by atoms with Gasteiger partial charge in [0.1, 0.15) is 0 Å². The minimum atomic E-state index is -1.02. The first-order valence-electron chi connectivity index (χ1n) is 8.15. The van der Waals surface area contributed by atoms with Crippen LogP contribution in [0.15, 0.2) is 53.4 Å². The first kappa shape index (κ1) is 17.5. The van der Waals surface area contributed by atoms with Crippen LogP contribution in [0.4, 0.5) is 0 Å². The van der Waals surface area contributed by atoms with Crippen LogP contribution in [-0.4, -0.2) is 23.7 Å². The van der Waals surface area contributed by atoms with Crippen molar-refractivity contribution in [2.24, 2.45) is 0 Å². The molecular weight excluding hydrogens is 334 g/mol. The fourth-order valence-corrected chi connectivity index (χ4v) is 4.59. The summed E-state index contributed by atoms with van der Waals surface area (Å²) in [5.41, 5.74) is 3.12. The van der Waals surface area contributed by atoms with Crippen molar-refractivity contribution in [2.45, 2.75) is 36.0 Å². The quantitative estimate of drug-likeness (QED) is 0.852. The van der Waals surface area contributed by atoms with Crippen molar-refractivity contribution < 1.29 is 14.3 Å². The molecular formula is C20H21NO3S. The van der Waals surface area contributed by atoms with Crippen LogP contribution in [-0.2, 0) is 14.3 Å². The Hall–Kier alpha value is -2.27. The maximum absolute atomic E-state index is 12.8. The Morgan fingerprint density at radius 2 is 1.84 bits per heavy atom. The van der Waals surface area contributed by atoms with Crippen LogP contribution in [0.1, 0.15) is 29.2 Å². The Labute approximate surface area is 152 Å². The standard InChI is InChI=1S/C20H21NO3S/c1-13-8-10-15(11-9-13)25-20(19(23)24-3)12-17(22)21-18(20)16-7-5-4-6-14(16)2/h4-11,18H,12H2,1-3H3,(H,21,22)/t18?,20-/m1/s1. The molecule has 1 N–H and O–H groups in total. The summed E-state index contributed by atoms with van der Waals surface area (Å²) in [4.78, 5) is 26.0. The molecule has 0 bridgehead atoms. The van der Waals surface area contributed by atoms with E-state index < -0.39 is 10.8 Å². The molecule has 2 aromatic rings. The monoisotopic (exact) mass is 355 g/mol. The Morgan fingerprint density at radius 3 is 2.48 bits per heavy atom. The molecule has 1 fully saturated rings. The first-order chi connectivity index (χ1) is 12.0. The third-order valence-electron chi connectivity index (χ3n) is 4.55. The summed E-state index contributed by atoms with van der Waals surface area (Å²) in [6.07, 6.45) is 0.0945. The zero-order valence-corrected chi connectivity index (χ0v) is 15.4. The number of thioether (sulfide) groups is 1. The van der Waals surface area contributed by atoms with Gasteiger partial charge in [-0.1, -0.05) is 42.0 Å². The van der Waals surface area contributed by atoms with Gasteiger partial charge in [0.2, 0.25) is 5.91 Å². The molecule has 0 spiro atoms. The number of benzene rings is 2. The average molecular weight is 355 g/mol. The van der Waals surface area contributed by atoms with E-state index in [0.717, 1.165) is 21.6 Å². The van der Waals surface area contributed by atoms with Crippen LogP contribution < -0.4 is 5.32 Å². The second kappa shape index (κ2) is 6.92. The van der Waals surface area contributed by atoms with Gasteiger partial charge in [0, 0.05) is 4.90 Å². The molecule has 4 nitrogen and oxygen atoms in total. The lowest BCUT2D eigenvalue weighted by Gasteiger charge is -2.31. The Bertz CT molecular complexity index is 803. The van der Waals surface area contributed by atoms with E-state index >= 15 is 0 Å². The van der Waals surface area contributed by atoms with Gasteiger partial charge < -0.3 is 10.1 Å². The number of ether oxygens (including phenoxy) is 1. The number of hydrogen-bond acceptors (Lipinski definition) is 4. The molecule has 1 unspecified atom stereocenters. The topological polar surface area (TPSA) is 55.4 Å². The smallest absolute Gasteiger partial charge is 0.325 e. The second-order valence-electron chi connectivity index (χ2n) is 6.33. The molecule has 3 rings (SSSR count). The molecule has 2 atom stereocenters. The van der Waals surface area contributed by atoms with Gasteiger partial charge in [-0.25, -0.2) is 0 Å². The number of methoxy groups -OCH3 is 1. The summed E-state index contributed by atoms with van der Waals surface area (Å²) in [6.45, 7) is 4.00. The van der Waals surface area contributed by atoms with E-state index in [2.05, 4.69) is 5.32 Å². The van der Waals surface area contributed by atoms with Crippen molar-refractivity contribution in [2.75, 3.05) is 7.11 Å². The summed E-state index contributed by atoms with van der Waals surface area (Å²) >= 11 is 1.40. The summed E-state index contributed by atoms with van der Waals surface area (Å²) in [6, 6.07) is 15.3. The highest BCUT2D eigenvalue weighted by Gasteiger charge is 2.55. The van der Waals surface area contributed by atoms with Crippen molar-refractivity contribution in [1.29, 1.82) is 0 Å². The Morgan fingerprint density at radius 1 is 1.16 bits per heavy atom.